The molecule has 16 nitrogen and oxygen atoms in total. The maximum absolute atomic E-state index is 12.0. The van der Waals surface area contributed by atoms with E-state index >= 15 is 0 Å². The Balaban J connectivity index is 2.12. The fraction of sp³-hybridized carbons (Fsp3) is 0.909. The topological polar surface area (TPSA) is 247 Å². The molecular formula is C22H41N3O13. The van der Waals surface area contributed by atoms with Gasteiger partial charge in [-0.1, -0.05) is 0 Å². The van der Waals surface area contributed by atoms with Gasteiger partial charge in [0, 0.05) is 14.2 Å². The minimum atomic E-state index is -1.66. The highest BCUT2D eigenvalue weighted by Crippen LogP contribution is 2.30. The number of carbonyl (C=O) groups is 1. The molecule has 222 valence electrons. The van der Waals surface area contributed by atoms with Gasteiger partial charge in [-0.25, -0.2) is 9.79 Å². The van der Waals surface area contributed by atoms with Gasteiger partial charge >= 0.3 is 5.97 Å². The molecule has 11 atom stereocenters. The highest BCUT2D eigenvalue weighted by atomic mass is 16.7. The third-order valence-corrected chi connectivity index (χ3v) is 6.34. The third-order valence-electron chi connectivity index (χ3n) is 6.34. The second kappa shape index (κ2) is 15.8. The number of aliphatic imine (C=N–C) groups is 1. The molecule has 0 aliphatic carbocycles. The van der Waals surface area contributed by atoms with Gasteiger partial charge in [-0.2, -0.15) is 0 Å². The van der Waals surface area contributed by atoms with Crippen molar-refractivity contribution in [1.29, 1.82) is 0 Å². The van der Waals surface area contributed by atoms with Gasteiger partial charge < -0.3 is 70.2 Å². The molecule has 0 aromatic heterocycles. The van der Waals surface area contributed by atoms with Crippen molar-refractivity contribution in [2.75, 3.05) is 41.1 Å². The standard InChI is InChI=1S/C22H41N3O13/c1-32-17-12(9-35-22(24)25-10(19(31)33-2)6-4-5-7-23)37-21(16(30)13(17)27)38-18-11(8-26)36-20(34-3)15(29)14(18)28/h10-18,20-21,26-30H,4-9,23H2,1-3H3,(H2,24,25)/t10?,11?,12?,13-,14-,15?,16?,17-,18-,20-,21+/m1/s1. The quantitative estimate of drug-likeness (QED) is 0.0494. The minimum absolute atomic E-state index is 0.336. The summed E-state index contributed by atoms with van der Waals surface area (Å²) in [5.74, 6) is -0.603. The molecule has 2 aliphatic rings. The first-order valence-electron chi connectivity index (χ1n) is 12.2. The number of unbranched alkanes of at least 4 members (excludes halogenated alkanes) is 1. The molecule has 2 saturated heterocycles. The maximum Gasteiger partial charge on any atom is 0.330 e. The molecule has 0 amide bonds. The van der Waals surface area contributed by atoms with Crippen LogP contribution in [0.1, 0.15) is 19.3 Å². The van der Waals surface area contributed by atoms with Gasteiger partial charge in [-0.3, -0.25) is 0 Å². The fourth-order valence-corrected chi connectivity index (χ4v) is 4.23. The Morgan fingerprint density at radius 1 is 0.921 bits per heavy atom. The second-order valence-electron chi connectivity index (χ2n) is 8.87. The fourth-order valence-electron chi connectivity index (χ4n) is 4.23. The van der Waals surface area contributed by atoms with Crippen LogP contribution in [0.5, 0.6) is 0 Å². The molecule has 0 radical (unpaired) electrons. The zero-order valence-corrected chi connectivity index (χ0v) is 21.7. The van der Waals surface area contributed by atoms with E-state index in [0.717, 1.165) is 0 Å². The Hall–Kier alpha value is -1.70. The monoisotopic (exact) mass is 555 g/mol. The molecular weight excluding hydrogens is 514 g/mol. The smallest absolute Gasteiger partial charge is 0.330 e. The number of hydrogen-bond acceptors (Lipinski definition) is 15. The van der Waals surface area contributed by atoms with E-state index in [2.05, 4.69) is 4.99 Å². The van der Waals surface area contributed by atoms with Crippen LogP contribution in [0.15, 0.2) is 4.99 Å². The lowest BCUT2D eigenvalue weighted by atomic mass is 9.97. The number of aliphatic hydroxyl groups is 5. The second-order valence-corrected chi connectivity index (χ2v) is 8.87. The molecule has 2 heterocycles. The summed E-state index contributed by atoms with van der Waals surface area (Å²) in [5.41, 5.74) is 11.3. The van der Waals surface area contributed by atoms with Crippen LogP contribution in [0.4, 0.5) is 0 Å². The summed E-state index contributed by atoms with van der Waals surface area (Å²) in [5, 5.41) is 51.6. The average Bonchev–Trinajstić information content (AvgIpc) is 2.91. The van der Waals surface area contributed by atoms with Crippen molar-refractivity contribution in [3.8, 4) is 0 Å². The number of amidine groups is 1. The number of nitrogens with two attached hydrogens (primary N) is 2. The number of aliphatic hydroxyl groups excluding tert-OH is 5. The van der Waals surface area contributed by atoms with Gasteiger partial charge in [0.1, 0.15) is 55.4 Å². The van der Waals surface area contributed by atoms with E-state index in [-0.39, 0.29) is 12.6 Å². The van der Waals surface area contributed by atoms with Crippen LogP contribution in [0.3, 0.4) is 0 Å². The normalized spacial score (nSPS) is 37.0. The molecule has 0 aromatic rings. The molecule has 2 rings (SSSR count). The summed E-state index contributed by atoms with van der Waals surface area (Å²) in [6.45, 7) is -0.504. The molecule has 16 heteroatoms. The Labute approximate surface area is 220 Å². The Morgan fingerprint density at radius 2 is 1.55 bits per heavy atom. The third kappa shape index (κ3) is 8.15. The van der Waals surface area contributed by atoms with Crippen molar-refractivity contribution in [3.05, 3.63) is 0 Å². The molecule has 9 N–H and O–H groups in total. The number of carbonyl (C=O) groups excluding carboxylic acids is 1. The van der Waals surface area contributed by atoms with Crippen LogP contribution in [0.25, 0.3) is 0 Å². The first kappa shape index (κ1) is 32.5. The Kier molecular flexibility index (Phi) is 13.5. The molecule has 0 saturated carbocycles. The van der Waals surface area contributed by atoms with Crippen LogP contribution >= 0.6 is 0 Å². The summed E-state index contributed by atoms with van der Waals surface area (Å²) < 4.78 is 37.2. The number of hydrogen-bond donors (Lipinski definition) is 7. The lowest BCUT2D eigenvalue weighted by Crippen LogP contribution is -2.65. The van der Waals surface area contributed by atoms with Gasteiger partial charge in [0.2, 0.25) is 0 Å². The molecule has 5 unspecified atom stereocenters. The van der Waals surface area contributed by atoms with Gasteiger partial charge in [-0.05, 0) is 25.8 Å². The highest BCUT2D eigenvalue weighted by Gasteiger charge is 2.51. The van der Waals surface area contributed by atoms with Gasteiger partial charge in [0.15, 0.2) is 18.6 Å². The molecule has 38 heavy (non-hydrogen) atoms. The van der Waals surface area contributed by atoms with Gasteiger partial charge in [-0.15, -0.1) is 0 Å². The summed E-state index contributed by atoms with van der Waals surface area (Å²) in [6, 6.07) is -1.26. The molecule has 0 spiro atoms. The van der Waals surface area contributed by atoms with Crippen molar-refractivity contribution in [1.82, 2.24) is 0 Å². The number of nitrogens with zero attached hydrogens (tertiary/aromatic N) is 1. The first-order chi connectivity index (χ1) is 18.1. The Bertz CT molecular complexity index is 745. The van der Waals surface area contributed by atoms with Gasteiger partial charge in [0.05, 0.1) is 13.7 Å². The SMILES string of the molecule is COC(=O)C(CCCCN)N=C(N)OCC1O[C@@H](O[C@@H]2C(CO)O[C@@H](OC)C(O)[C@H]2O)C(O)[C@@H](O)[C@@H]1OC. The first-order valence-corrected chi connectivity index (χ1v) is 12.2. The number of ether oxygens (including phenoxy) is 7. The maximum atomic E-state index is 12.0. The van der Waals surface area contributed by atoms with Crippen molar-refractivity contribution in [2.24, 2.45) is 16.5 Å². The zero-order chi connectivity index (χ0) is 28.4. The molecule has 2 aliphatic heterocycles. The predicted octanol–water partition coefficient (Wildman–Crippen LogP) is -4.08. The largest absolute Gasteiger partial charge is 0.467 e. The number of rotatable bonds is 13. The van der Waals surface area contributed by atoms with Crippen LogP contribution in [0, 0.1) is 0 Å². The van der Waals surface area contributed by atoms with E-state index in [1.54, 1.807) is 0 Å². The zero-order valence-electron chi connectivity index (χ0n) is 21.7. The van der Waals surface area contributed by atoms with Gasteiger partial charge in [0.25, 0.3) is 6.02 Å². The molecule has 2 fully saturated rings. The summed E-state index contributed by atoms with van der Waals surface area (Å²) in [4.78, 5) is 16.1. The van der Waals surface area contributed by atoms with E-state index in [1.165, 1.54) is 21.3 Å². The van der Waals surface area contributed by atoms with Crippen molar-refractivity contribution >= 4 is 12.0 Å². The lowest BCUT2D eigenvalue weighted by molar-refractivity contribution is -0.358. The van der Waals surface area contributed by atoms with Crippen LogP contribution in [0.2, 0.25) is 0 Å². The van der Waals surface area contributed by atoms with Crippen LogP contribution < -0.4 is 11.5 Å². The Morgan fingerprint density at radius 3 is 2.13 bits per heavy atom. The summed E-state index contributed by atoms with van der Waals surface area (Å²) >= 11 is 0. The van der Waals surface area contributed by atoms with Crippen molar-refractivity contribution < 1.29 is 63.5 Å². The summed E-state index contributed by atoms with van der Waals surface area (Å²) in [6.07, 6.45) is -12.2. The van der Waals surface area contributed by atoms with Crippen LogP contribution in [-0.4, -0.2) is 146 Å². The predicted molar refractivity (Wildman–Crippen MR) is 127 cm³/mol. The lowest BCUT2D eigenvalue weighted by Gasteiger charge is -2.46. The van der Waals surface area contributed by atoms with E-state index in [0.29, 0.717) is 25.8 Å². The summed E-state index contributed by atoms with van der Waals surface area (Å²) in [7, 11) is 3.75. The van der Waals surface area contributed by atoms with E-state index in [9.17, 15) is 30.3 Å². The number of methoxy groups -OCH3 is 3. The van der Waals surface area contributed by atoms with E-state index in [1.807, 2.05) is 0 Å². The molecule has 0 bridgehead atoms. The molecule has 0 aromatic carbocycles. The minimum Gasteiger partial charge on any atom is -0.467 e. The van der Waals surface area contributed by atoms with Crippen molar-refractivity contribution in [2.45, 2.75) is 86.7 Å². The average molecular weight is 556 g/mol. The van der Waals surface area contributed by atoms with Crippen LogP contribution in [-0.2, 0) is 38.0 Å². The van der Waals surface area contributed by atoms with E-state index in [4.69, 9.17) is 44.6 Å². The highest BCUT2D eigenvalue weighted by molar-refractivity contribution is 5.80. The number of esters is 1. The van der Waals surface area contributed by atoms with Crippen molar-refractivity contribution in [3.63, 3.8) is 0 Å². The van der Waals surface area contributed by atoms with E-state index < -0.39 is 80.0 Å².